The van der Waals surface area contributed by atoms with Crippen LogP contribution in [-0.2, 0) is 16.0 Å². The van der Waals surface area contributed by atoms with Crippen LogP contribution < -0.4 is 10.1 Å². The van der Waals surface area contributed by atoms with Crippen LogP contribution in [0.5, 0.6) is 5.75 Å². The maximum atomic E-state index is 13.3. The number of piperidine rings is 1. The molecule has 2 atom stereocenters. The molecule has 246 valence electrons. The van der Waals surface area contributed by atoms with Crippen LogP contribution in [0.2, 0.25) is 0 Å². The Hall–Kier alpha value is -3.76. The minimum atomic E-state index is -0.273. The van der Waals surface area contributed by atoms with Gasteiger partial charge in [-0.3, -0.25) is 24.6 Å². The van der Waals surface area contributed by atoms with Crippen LogP contribution in [0.25, 0.3) is 11.3 Å². The number of nitrogens with zero attached hydrogens (tertiary/aromatic N) is 3. The van der Waals surface area contributed by atoms with Gasteiger partial charge >= 0.3 is 5.97 Å². The molecule has 2 amide bonds. The Kier molecular flexibility index (Phi) is 11.5. The summed E-state index contributed by atoms with van der Waals surface area (Å²) in [7, 11) is 1.65. The average molecular weight is 647 g/mol. The van der Waals surface area contributed by atoms with E-state index >= 15 is 0 Å². The van der Waals surface area contributed by atoms with Crippen molar-refractivity contribution in [3.05, 3.63) is 64.5 Å². The number of esters is 1. The molecule has 0 aliphatic carbocycles. The van der Waals surface area contributed by atoms with E-state index in [1.54, 1.807) is 31.4 Å². The van der Waals surface area contributed by atoms with Crippen LogP contribution >= 0.6 is 11.3 Å². The van der Waals surface area contributed by atoms with E-state index in [2.05, 4.69) is 34.3 Å². The molecule has 1 unspecified atom stereocenters. The van der Waals surface area contributed by atoms with Crippen LogP contribution in [0.1, 0.15) is 79.2 Å². The maximum absolute atomic E-state index is 13.3. The molecule has 0 saturated carbocycles. The second-order valence-electron chi connectivity index (χ2n) is 12.3. The van der Waals surface area contributed by atoms with Crippen molar-refractivity contribution in [3.63, 3.8) is 0 Å². The van der Waals surface area contributed by atoms with Crippen molar-refractivity contribution >= 4 is 34.3 Å². The quantitative estimate of drug-likeness (QED) is 0.223. The van der Waals surface area contributed by atoms with E-state index in [1.807, 2.05) is 30.2 Å². The van der Waals surface area contributed by atoms with Crippen molar-refractivity contribution in [2.24, 2.45) is 11.8 Å². The van der Waals surface area contributed by atoms with Gasteiger partial charge in [0.15, 0.2) is 5.13 Å². The predicted molar refractivity (Wildman–Crippen MR) is 182 cm³/mol. The van der Waals surface area contributed by atoms with Gasteiger partial charge in [0, 0.05) is 47.7 Å². The SMILES string of the molecule is CCCCc1ccc(OC)c(-c2csc(NC(=O)c3ccc(C(=O)N4CCC(N5CC[C@H](C(C)C(=O)OCC)C5)CC4)cc3)n2)c1. The number of benzene rings is 2. The third-order valence-electron chi connectivity index (χ3n) is 9.37. The van der Waals surface area contributed by atoms with E-state index in [0.29, 0.717) is 47.9 Å². The molecule has 10 heteroatoms. The average Bonchev–Trinajstić information content (AvgIpc) is 3.77. The summed E-state index contributed by atoms with van der Waals surface area (Å²) in [5.74, 6) is 0.598. The van der Waals surface area contributed by atoms with Gasteiger partial charge in [0.2, 0.25) is 0 Å². The number of carbonyl (C=O) groups excluding carboxylic acids is 3. The smallest absolute Gasteiger partial charge is 0.308 e. The van der Waals surface area contributed by atoms with Gasteiger partial charge in [-0.25, -0.2) is 4.98 Å². The number of thiazole rings is 1. The third-order valence-corrected chi connectivity index (χ3v) is 10.1. The molecule has 0 bridgehead atoms. The molecule has 46 heavy (non-hydrogen) atoms. The third kappa shape index (κ3) is 7.96. The van der Waals surface area contributed by atoms with Gasteiger partial charge in [0.25, 0.3) is 11.8 Å². The zero-order valence-electron chi connectivity index (χ0n) is 27.4. The summed E-state index contributed by atoms with van der Waals surface area (Å²) in [6, 6.07) is 13.4. The summed E-state index contributed by atoms with van der Waals surface area (Å²) < 4.78 is 10.8. The van der Waals surface area contributed by atoms with E-state index in [9.17, 15) is 14.4 Å². The zero-order valence-corrected chi connectivity index (χ0v) is 28.2. The fourth-order valence-electron chi connectivity index (χ4n) is 6.52. The van der Waals surface area contributed by atoms with E-state index in [-0.39, 0.29) is 23.7 Å². The molecule has 2 aromatic carbocycles. The molecule has 5 rings (SSSR count). The van der Waals surface area contributed by atoms with Crippen molar-refractivity contribution in [1.29, 1.82) is 0 Å². The molecule has 3 heterocycles. The largest absolute Gasteiger partial charge is 0.496 e. The zero-order chi connectivity index (χ0) is 32.6. The predicted octanol–water partition coefficient (Wildman–Crippen LogP) is 6.54. The summed E-state index contributed by atoms with van der Waals surface area (Å²) >= 11 is 1.37. The number of anilines is 1. The minimum Gasteiger partial charge on any atom is -0.496 e. The molecule has 2 saturated heterocycles. The Morgan fingerprint density at radius 3 is 2.46 bits per heavy atom. The van der Waals surface area contributed by atoms with Crippen LogP contribution in [0, 0.1) is 11.8 Å². The van der Waals surface area contributed by atoms with Crippen molar-refractivity contribution in [2.45, 2.75) is 65.3 Å². The second kappa shape index (κ2) is 15.7. The number of amides is 2. The van der Waals surface area contributed by atoms with Gasteiger partial charge < -0.3 is 14.4 Å². The fraction of sp³-hybridized carbons (Fsp3) is 0.500. The highest BCUT2D eigenvalue weighted by atomic mass is 32.1. The minimum absolute atomic E-state index is 0.0136. The Morgan fingerprint density at radius 1 is 1.02 bits per heavy atom. The first-order chi connectivity index (χ1) is 22.3. The van der Waals surface area contributed by atoms with E-state index in [0.717, 1.165) is 68.6 Å². The van der Waals surface area contributed by atoms with E-state index in [4.69, 9.17) is 9.47 Å². The van der Waals surface area contributed by atoms with Crippen LogP contribution in [0.15, 0.2) is 47.8 Å². The summed E-state index contributed by atoms with van der Waals surface area (Å²) in [5.41, 5.74) is 3.94. The monoisotopic (exact) mass is 646 g/mol. The molecule has 3 aromatic rings. The lowest BCUT2D eigenvalue weighted by Crippen LogP contribution is -2.46. The van der Waals surface area contributed by atoms with E-state index in [1.165, 1.54) is 16.9 Å². The number of carbonyl (C=O) groups is 3. The van der Waals surface area contributed by atoms with Gasteiger partial charge in [-0.1, -0.05) is 26.3 Å². The molecular formula is C36H46N4O5S. The number of nitrogens with one attached hydrogen (secondary N) is 1. The molecule has 9 nitrogen and oxygen atoms in total. The molecule has 1 N–H and O–H groups in total. The first-order valence-electron chi connectivity index (χ1n) is 16.5. The Bertz CT molecular complexity index is 1500. The maximum Gasteiger partial charge on any atom is 0.308 e. The van der Waals surface area contributed by atoms with Crippen molar-refractivity contribution in [3.8, 4) is 17.0 Å². The first kappa shape index (κ1) is 33.6. The second-order valence-corrected chi connectivity index (χ2v) is 13.2. The van der Waals surface area contributed by atoms with Gasteiger partial charge in [-0.15, -0.1) is 11.3 Å². The number of aryl methyl sites for hydroxylation is 1. The normalized spacial score (nSPS) is 17.9. The van der Waals surface area contributed by atoms with Crippen LogP contribution in [0.4, 0.5) is 5.13 Å². The summed E-state index contributed by atoms with van der Waals surface area (Å²) in [6.07, 6.45) is 6.07. The molecular weight excluding hydrogens is 600 g/mol. The van der Waals surface area contributed by atoms with Crippen molar-refractivity contribution in [2.75, 3.05) is 45.2 Å². The van der Waals surface area contributed by atoms with Gasteiger partial charge in [-0.05, 0) is 93.5 Å². The topological polar surface area (TPSA) is 101 Å². The fourth-order valence-corrected chi connectivity index (χ4v) is 7.22. The lowest BCUT2D eigenvalue weighted by Gasteiger charge is -2.37. The lowest BCUT2D eigenvalue weighted by molar-refractivity contribution is -0.149. The Morgan fingerprint density at radius 2 is 1.76 bits per heavy atom. The summed E-state index contributed by atoms with van der Waals surface area (Å²) in [6.45, 7) is 9.70. The first-order valence-corrected chi connectivity index (χ1v) is 17.4. The number of rotatable bonds is 12. The van der Waals surface area contributed by atoms with E-state index < -0.39 is 0 Å². The molecule has 2 fully saturated rings. The van der Waals surface area contributed by atoms with Gasteiger partial charge in [0.05, 0.1) is 25.3 Å². The number of unbranched alkanes of at least 4 members (excludes halogenated alkanes) is 1. The van der Waals surface area contributed by atoms with Crippen molar-refractivity contribution < 1.29 is 23.9 Å². The Labute approximate surface area is 276 Å². The number of hydrogen-bond donors (Lipinski definition) is 1. The van der Waals surface area contributed by atoms with Gasteiger partial charge in [0.1, 0.15) is 5.75 Å². The number of likely N-dealkylation sites (tertiary alicyclic amines) is 2. The number of aromatic nitrogens is 1. The van der Waals surface area contributed by atoms with Crippen LogP contribution in [-0.4, -0.2) is 78.5 Å². The molecule has 2 aliphatic rings. The number of methoxy groups -OCH3 is 1. The molecule has 0 radical (unpaired) electrons. The lowest BCUT2D eigenvalue weighted by atomic mass is 9.93. The highest BCUT2D eigenvalue weighted by molar-refractivity contribution is 7.14. The summed E-state index contributed by atoms with van der Waals surface area (Å²) in [5, 5.41) is 5.33. The Balaban J connectivity index is 1.13. The number of ether oxygens (including phenoxy) is 2. The molecule has 1 aromatic heterocycles. The highest BCUT2D eigenvalue weighted by Gasteiger charge is 2.36. The summed E-state index contributed by atoms with van der Waals surface area (Å²) in [4.78, 5) is 47.6. The standard InChI is InChI=1S/C36H46N4O5S/c1-5-7-8-25-9-14-32(44-4)30(21-25)31-23-46-36(37-31)38-33(41)26-10-12-27(13-11-26)34(42)39-19-16-29(17-20-39)40-18-15-28(22-40)24(3)35(43)45-6-2/h9-14,21,23-24,28-29H,5-8,15-20,22H2,1-4H3,(H,37,38,41)/t24?,28-/m0/s1. The number of hydrogen-bond acceptors (Lipinski definition) is 8. The molecule has 2 aliphatic heterocycles. The molecule has 0 spiro atoms. The van der Waals surface area contributed by atoms with Crippen LogP contribution in [0.3, 0.4) is 0 Å². The van der Waals surface area contributed by atoms with Crippen molar-refractivity contribution in [1.82, 2.24) is 14.8 Å². The highest BCUT2D eigenvalue weighted by Crippen LogP contribution is 2.34. The van der Waals surface area contributed by atoms with Gasteiger partial charge in [-0.2, -0.15) is 0 Å².